The molecule has 4 heteroatoms. The van der Waals surface area contributed by atoms with Gasteiger partial charge in [0.2, 0.25) is 0 Å². The summed E-state index contributed by atoms with van der Waals surface area (Å²) in [5.41, 5.74) is 1.97. The van der Waals surface area contributed by atoms with Gasteiger partial charge < -0.3 is 5.32 Å². The molecule has 0 bridgehead atoms. The van der Waals surface area contributed by atoms with Crippen LogP contribution < -0.4 is 5.32 Å². The second-order valence-electron chi connectivity index (χ2n) is 3.90. The molecule has 2 rings (SSSR count). The van der Waals surface area contributed by atoms with Crippen LogP contribution in [0.3, 0.4) is 0 Å². The standard InChI is InChI=1S/C14H12Cl3N/c15-12-5-2-1-4-10(12)8-18-9-11-13(16)6-3-7-14(11)17/h1-7,18H,8-9H2. The predicted molar refractivity (Wildman–Crippen MR) is 78.5 cm³/mol. The molecular weight excluding hydrogens is 289 g/mol. The van der Waals surface area contributed by atoms with Gasteiger partial charge in [0.15, 0.2) is 0 Å². The molecule has 0 aliphatic carbocycles. The molecule has 2 aromatic rings. The Balaban J connectivity index is 1.99. The van der Waals surface area contributed by atoms with Crippen LogP contribution in [-0.2, 0) is 13.1 Å². The third-order valence-corrected chi connectivity index (χ3v) is 3.71. The summed E-state index contributed by atoms with van der Waals surface area (Å²) in [5, 5.41) is 5.40. The molecule has 0 heterocycles. The fourth-order valence-electron chi connectivity index (χ4n) is 1.67. The van der Waals surface area contributed by atoms with Crippen molar-refractivity contribution in [2.24, 2.45) is 0 Å². The zero-order valence-electron chi connectivity index (χ0n) is 9.59. The van der Waals surface area contributed by atoms with Gasteiger partial charge in [-0.25, -0.2) is 0 Å². The van der Waals surface area contributed by atoms with Crippen LogP contribution in [0, 0.1) is 0 Å². The van der Waals surface area contributed by atoms with Crippen LogP contribution in [-0.4, -0.2) is 0 Å². The lowest BCUT2D eigenvalue weighted by Crippen LogP contribution is -2.13. The first-order chi connectivity index (χ1) is 8.68. The van der Waals surface area contributed by atoms with Crippen molar-refractivity contribution < 1.29 is 0 Å². The summed E-state index contributed by atoms with van der Waals surface area (Å²) < 4.78 is 0. The van der Waals surface area contributed by atoms with Gasteiger partial charge in [-0.05, 0) is 23.8 Å². The molecule has 0 unspecified atom stereocenters. The number of nitrogens with one attached hydrogen (secondary N) is 1. The maximum atomic E-state index is 6.09. The van der Waals surface area contributed by atoms with Gasteiger partial charge in [0, 0.05) is 33.7 Å². The third-order valence-electron chi connectivity index (χ3n) is 2.64. The van der Waals surface area contributed by atoms with Crippen LogP contribution in [0.4, 0.5) is 0 Å². The zero-order chi connectivity index (χ0) is 13.0. The predicted octanol–water partition coefficient (Wildman–Crippen LogP) is 4.94. The van der Waals surface area contributed by atoms with E-state index in [4.69, 9.17) is 34.8 Å². The first-order valence-corrected chi connectivity index (χ1v) is 6.69. The van der Waals surface area contributed by atoms with Crippen molar-refractivity contribution in [2.45, 2.75) is 13.1 Å². The Morgan fingerprint density at radius 1 is 0.722 bits per heavy atom. The minimum Gasteiger partial charge on any atom is -0.308 e. The molecule has 1 nitrogen and oxygen atoms in total. The molecule has 0 spiro atoms. The van der Waals surface area contributed by atoms with Gasteiger partial charge >= 0.3 is 0 Å². The lowest BCUT2D eigenvalue weighted by Gasteiger charge is -2.09. The largest absolute Gasteiger partial charge is 0.308 e. The highest BCUT2D eigenvalue weighted by molar-refractivity contribution is 6.36. The maximum Gasteiger partial charge on any atom is 0.0465 e. The minimum absolute atomic E-state index is 0.615. The number of halogens is 3. The molecule has 0 saturated heterocycles. The van der Waals surface area contributed by atoms with Crippen molar-refractivity contribution in [3.63, 3.8) is 0 Å². The molecule has 0 aliphatic heterocycles. The molecule has 0 aliphatic rings. The SMILES string of the molecule is Clc1ccccc1CNCc1c(Cl)cccc1Cl. The average molecular weight is 301 g/mol. The highest BCUT2D eigenvalue weighted by Crippen LogP contribution is 2.24. The third kappa shape index (κ3) is 3.39. The van der Waals surface area contributed by atoms with Gasteiger partial charge in [-0.15, -0.1) is 0 Å². The molecule has 18 heavy (non-hydrogen) atoms. The van der Waals surface area contributed by atoms with Crippen molar-refractivity contribution in [3.8, 4) is 0 Å². The van der Waals surface area contributed by atoms with E-state index in [9.17, 15) is 0 Å². The molecule has 2 aromatic carbocycles. The molecule has 0 aromatic heterocycles. The van der Waals surface area contributed by atoms with Crippen LogP contribution in [0.2, 0.25) is 15.1 Å². The van der Waals surface area contributed by atoms with E-state index in [1.54, 1.807) is 0 Å². The molecular formula is C14H12Cl3N. The van der Waals surface area contributed by atoms with Crippen LogP contribution in [0.15, 0.2) is 42.5 Å². The van der Waals surface area contributed by atoms with E-state index in [0.717, 1.165) is 16.1 Å². The van der Waals surface area contributed by atoms with Gasteiger partial charge in [-0.1, -0.05) is 59.1 Å². The fraction of sp³-hybridized carbons (Fsp3) is 0.143. The van der Waals surface area contributed by atoms with E-state index in [-0.39, 0.29) is 0 Å². The van der Waals surface area contributed by atoms with Gasteiger partial charge in [0.05, 0.1) is 0 Å². The summed E-state index contributed by atoms with van der Waals surface area (Å²) in [6.07, 6.45) is 0. The Morgan fingerprint density at radius 3 is 2.00 bits per heavy atom. The molecule has 94 valence electrons. The van der Waals surface area contributed by atoms with E-state index >= 15 is 0 Å². The lowest BCUT2D eigenvalue weighted by atomic mass is 10.2. The second kappa shape index (κ2) is 6.44. The number of benzene rings is 2. The van der Waals surface area contributed by atoms with E-state index in [1.165, 1.54) is 0 Å². The van der Waals surface area contributed by atoms with Crippen LogP contribution in [0.5, 0.6) is 0 Å². The quantitative estimate of drug-likeness (QED) is 0.843. The molecule has 1 N–H and O–H groups in total. The first kappa shape index (κ1) is 13.7. The number of rotatable bonds is 4. The van der Waals surface area contributed by atoms with Crippen molar-refractivity contribution in [2.75, 3.05) is 0 Å². The molecule has 0 radical (unpaired) electrons. The Bertz CT molecular complexity index is 520. The Kier molecular flexibility index (Phi) is 4.90. The summed E-state index contributed by atoms with van der Waals surface area (Å²) in [6.45, 7) is 1.30. The second-order valence-corrected chi connectivity index (χ2v) is 5.12. The van der Waals surface area contributed by atoms with Crippen molar-refractivity contribution in [1.82, 2.24) is 5.32 Å². The van der Waals surface area contributed by atoms with Gasteiger partial charge in [-0.2, -0.15) is 0 Å². The van der Waals surface area contributed by atoms with Gasteiger partial charge in [-0.3, -0.25) is 0 Å². The van der Waals surface area contributed by atoms with E-state index < -0.39 is 0 Å². The van der Waals surface area contributed by atoms with Gasteiger partial charge in [0.25, 0.3) is 0 Å². The lowest BCUT2D eigenvalue weighted by molar-refractivity contribution is 0.694. The normalized spacial score (nSPS) is 10.6. The highest BCUT2D eigenvalue weighted by Gasteiger charge is 2.05. The average Bonchev–Trinajstić information content (AvgIpc) is 2.35. The summed E-state index contributed by atoms with van der Waals surface area (Å²) in [5.74, 6) is 0. The summed E-state index contributed by atoms with van der Waals surface area (Å²) in [6, 6.07) is 13.2. The number of hydrogen-bond acceptors (Lipinski definition) is 1. The summed E-state index contributed by atoms with van der Waals surface area (Å²) >= 11 is 18.3. The molecule has 0 amide bonds. The van der Waals surface area contributed by atoms with Gasteiger partial charge in [0.1, 0.15) is 0 Å². The van der Waals surface area contributed by atoms with E-state index in [0.29, 0.717) is 23.1 Å². The van der Waals surface area contributed by atoms with Crippen LogP contribution in [0.25, 0.3) is 0 Å². The van der Waals surface area contributed by atoms with Crippen molar-refractivity contribution in [3.05, 3.63) is 68.7 Å². The molecule has 0 saturated carbocycles. The Hall–Kier alpha value is -0.730. The Labute approximate surface area is 122 Å². The van der Waals surface area contributed by atoms with E-state index in [1.807, 2.05) is 42.5 Å². The maximum absolute atomic E-state index is 6.09. The summed E-state index contributed by atoms with van der Waals surface area (Å²) in [7, 11) is 0. The smallest absolute Gasteiger partial charge is 0.0465 e. The monoisotopic (exact) mass is 299 g/mol. The topological polar surface area (TPSA) is 12.0 Å². The van der Waals surface area contributed by atoms with Crippen molar-refractivity contribution >= 4 is 34.8 Å². The highest BCUT2D eigenvalue weighted by atomic mass is 35.5. The summed E-state index contributed by atoms with van der Waals surface area (Å²) in [4.78, 5) is 0. The fourth-order valence-corrected chi connectivity index (χ4v) is 2.40. The molecule has 0 fully saturated rings. The minimum atomic E-state index is 0.615. The van der Waals surface area contributed by atoms with Crippen LogP contribution >= 0.6 is 34.8 Å². The first-order valence-electron chi connectivity index (χ1n) is 5.55. The van der Waals surface area contributed by atoms with Crippen molar-refractivity contribution in [1.29, 1.82) is 0 Å². The zero-order valence-corrected chi connectivity index (χ0v) is 11.9. The van der Waals surface area contributed by atoms with Crippen LogP contribution in [0.1, 0.15) is 11.1 Å². The molecule has 0 atom stereocenters. The number of hydrogen-bond donors (Lipinski definition) is 1. The Morgan fingerprint density at radius 2 is 1.33 bits per heavy atom. The van der Waals surface area contributed by atoms with E-state index in [2.05, 4.69) is 5.32 Å².